The summed E-state index contributed by atoms with van der Waals surface area (Å²) in [5.41, 5.74) is 0.00407. The van der Waals surface area contributed by atoms with E-state index in [1.807, 2.05) is 34.3 Å². The van der Waals surface area contributed by atoms with E-state index in [4.69, 9.17) is 4.42 Å². The van der Waals surface area contributed by atoms with Crippen LogP contribution in [0.2, 0.25) is 0 Å². The summed E-state index contributed by atoms with van der Waals surface area (Å²) in [4.78, 5) is 12.8. The van der Waals surface area contributed by atoms with Crippen LogP contribution in [-0.2, 0) is 5.60 Å². The molecule has 0 saturated carbocycles. The maximum atomic E-state index is 12.0. The molecule has 0 fully saturated rings. The van der Waals surface area contributed by atoms with Gasteiger partial charge in [0.1, 0.15) is 11.9 Å². The maximum Gasteiger partial charge on any atom is 0.254 e. The summed E-state index contributed by atoms with van der Waals surface area (Å²) in [5, 5.41) is 19.5. The molecule has 1 atom stereocenters. The first-order valence-electron chi connectivity index (χ1n) is 6.29. The van der Waals surface area contributed by atoms with Crippen LogP contribution < -0.4 is 5.32 Å². The predicted octanol–water partition coefficient (Wildman–Crippen LogP) is 3.07. The van der Waals surface area contributed by atoms with Crippen molar-refractivity contribution >= 4 is 28.6 Å². The molecule has 6 heteroatoms. The topological polar surface area (TPSA) is 62.5 Å². The van der Waals surface area contributed by atoms with Crippen LogP contribution in [0.5, 0.6) is 0 Å². The van der Waals surface area contributed by atoms with Crippen molar-refractivity contribution in [2.75, 3.05) is 6.54 Å². The molecule has 3 rings (SSSR count). The molecule has 0 radical (unpaired) electrons. The third-order valence-electron chi connectivity index (χ3n) is 3.22. The average Bonchev–Trinajstić information content (AvgIpc) is 3.27. The molecule has 0 spiro atoms. The molecule has 0 saturated heterocycles. The zero-order valence-electron chi connectivity index (χ0n) is 11.0. The third-order valence-corrected chi connectivity index (χ3v) is 4.92. The standard InChI is InChI=1S/C15H13NO3S2/c17-14(11-3-5-19-8-11)16-10-15(18,12-4-7-20-9-12)13-2-1-6-21-13/h1-9,18H,10H2,(H,16,17). The third kappa shape index (κ3) is 2.78. The van der Waals surface area contributed by atoms with Gasteiger partial charge in [0.15, 0.2) is 0 Å². The highest BCUT2D eigenvalue weighted by Crippen LogP contribution is 2.33. The summed E-state index contributed by atoms with van der Waals surface area (Å²) in [6, 6.07) is 7.21. The molecule has 3 aromatic heterocycles. The zero-order valence-corrected chi connectivity index (χ0v) is 12.6. The Morgan fingerprint density at radius 2 is 2.24 bits per heavy atom. The fourth-order valence-corrected chi connectivity index (χ4v) is 3.62. The van der Waals surface area contributed by atoms with Gasteiger partial charge in [-0.25, -0.2) is 0 Å². The Hall–Kier alpha value is -1.89. The SMILES string of the molecule is O=C(NCC(O)(c1ccsc1)c1cccs1)c1ccoc1. The summed E-state index contributed by atoms with van der Waals surface area (Å²) in [6.45, 7) is 0.105. The number of carbonyl (C=O) groups excluding carboxylic acids is 1. The first-order valence-corrected chi connectivity index (χ1v) is 8.12. The first kappa shape index (κ1) is 14.1. The molecule has 0 aliphatic carbocycles. The van der Waals surface area contributed by atoms with Crippen LogP contribution in [0.15, 0.2) is 57.3 Å². The van der Waals surface area contributed by atoms with Gasteiger partial charge in [-0.15, -0.1) is 11.3 Å². The van der Waals surface area contributed by atoms with Gasteiger partial charge in [-0.05, 0) is 34.3 Å². The Balaban J connectivity index is 1.83. The first-order chi connectivity index (χ1) is 10.2. The van der Waals surface area contributed by atoms with Gasteiger partial charge in [0, 0.05) is 10.4 Å². The number of rotatable bonds is 5. The van der Waals surface area contributed by atoms with Crippen LogP contribution in [0.1, 0.15) is 20.8 Å². The van der Waals surface area contributed by atoms with E-state index in [0.29, 0.717) is 5.56 Å². The van der Waals surface area contributed by atoms with Crippen molar-refractivity contribution in [3.05, 3.63) is 68.9 Å². The molecule has 1 amide bonds. The molecule has 0 aliphatic heterocycles. The van der Waals surface area contributed by atoms with Gasteiger partial charge in [-0.1, -0.05) is 6.07 Å². The molecule has 108 valence electrons. The highest BCUT2D eigenvalue weighted by Gasteiger charge is 2.33. The second-order valence-electron chi connectivity index (χ2n) is 4.54. The Morgan fingerprint density at radius 3 is 2.86 bits per heavy atom. The fraction of sp³-hybridized carbons (Fsp3) is 0.133. The van der Waals surface area contributed by atoms with Crippen molar-refractivity contribution in [2.45, 2.75) is 5.60 Å². The van der Waals surface area contributed by atoms with Crippen LogP contribution in [0.25, 0.3) is 0 Å². The molecule has 4 nitrogen and oxygen atoms in total. The minimum atomic E-state index is -1.21. The number of aliphatic hydroxyl groups is 1. The molecular formula is C15H13NO3S2. The van der Waals surface area contributed by atoms with E-state index in [1.54, 1.807) is 6.07 Å². The molecule has 2 N–H and O–H groups in total. The molecule has 0 bridgehead atoms. The second-order valence-corrected chi connectivity index (χ2v) is 6.27. The van der Waals surface area contributed by atoms with E-state index in [2.05, 4.69) is 5.32 Å². The number of furan rings is 1. The molecule has 3 heterocycles. The van der Waals surface area contributed by atoms with Gasteiger partial charge < -0.3 is 14.8 Å². The Labute approximate surface area is 129 Å². The number of carbonyl (C=O) groups is 1. The van der Waals surface area contributed by atoms with E-state index in [1.165, 1.54) is 35.2 Å². The number of hydrogen-bond donors (Lipinski definition) is 2. The molecule has 0 aromatic carbocycles. The summed E-state index contributed by atoms with van der Waals surface area (Å²) in [5.74, 6) is -0.269. The normalized spacial score (nSPS) is 13.8. The van der Waals surface area contributed by atoms with E-state index >= 15 is 0 Å². The summed E-state index contributed by atoms with van der Waals surface area (Å²) >= 11 is 2.97. The number of nitrogens with one attached hydrogen (secondary N) is 1. The van der Waals surface area contributed by atoms with Crippen molar-refractivity contribution < 1.29 is 14.3 Å². The van der Waals surface area contributed by atoms with Gasteiger partial charge >= 0.3 is 0 Å². The van der Waals surface area contributed by atoms with E-state index in [9.17, 15) is 9.90 Å². The van der Waals surface area contributed by atoms with Crippen molar-refractivity contribution in [3.63, 3.8) is 0 Å². The monoisotopic (exact) mass is 319 g/mol. The zero-order chi connectivity index (χ0) is 14.7. The minimum absolute atomic E-state index is 0.105. The smallest absolute Gasteiger partial charge is 0.254 e. The van der Waals surface area contributed by atoms with E-state index < -0.39 is 5.60 Å². The molecular weight excluding hydrogens is 306 g/mol. The van der Waals surface area contributed by atoms with E-state index in [0.717, 1.165) is 10.4 Å². The lowest BCUT2D eigenvalue weighted by Gasteiger charge is -2.26. The minimum Gasteiger partial charge on any atom is -0.472 e. The van der Waals surface area contributed by atoms with Crippen LogP contribution in [0.4, 0.5) is 0 Å². The number of thiophene rings is 2. The Bertz CT molecular complexity index is 653. The second kappa shape index (κ2) is 5.85. The average molecular weight is 319 g/mol. The lowest BCUT2D eigenvalue weighted by Crippen LogP contribution is -2.40. The Kier molecular flexibility index (Phi) is 3.92. The van der Waals surface area contributed by atoms with Crippen LogP contribution in [0, 0.1) is 0 Å². The predicted molar refractivity (Wildman–Crippen MR) is 82.7 cm³/mol. The van der Waals surface area contributed by atoms with E-state index in [-0.39, 0.29) is 12.5 Å². The van der Waals surface area contributed by atoms with Crippen LogP contribution in [-0.4, -0.2) is 17.6 Å². The van der Waals surface area contributed by atoms with Crippen LogP contribution in [0.3, 0.4) is 0 Å². The van der Waals surface area contributed by atoms with Gasteiger partial charge in [0.2, 0.25) is 0 Å². The highest BCUT2D eigenvalue weighted by molar-refractivity contribution is 7.10. The molecule has 21 heavy (non-hydrogen) atoms. The van der Waals surface area contributed by atoms with Gasteiger partial charge in [-0.3, -0.25) is 4.79 Å². The lowest BCUT2D eigenvalue weighted by molar-refractivity contribution is 0.0720. The van der Waals surface area contributed by atoms with Gasteiger partial charge in [0.25, 0.3) is 5.91 Å². The maximum absolute atomic E-state index is 12.0. The van der Waals surface area contributed by atoms with Crippen molar-refractivity contribution in [1.29, 1.82) is 0 Å². The largest absolute Gasteiger partial charge is 0.472 e. The Morgan fingerprint density at radius 1 is 1.33 bits per heavy atom. The van der Waals surface area contributed by atoms with Crippen molar-refractivity contribution in [2.24, 2.45) is 0 Å². The van der Waals surface area contributed by atoms with Crippen molar-refractivity contribution in [1.82, 2.24) is 5.32 Å². The number of amides is 1. The quantitative estimate of drug-likeness (QED) is 0.760. The summed E-state index contributed by atoms with van der Waals surface area (Å²) in [7, 11) is 0. The van der Waals surface area contributed by atoms with Gasteiger partial charge in [0.05, 0.1) is 18.4 Å². The lowest BCUT2D eigenvalue weighted by atomic mass is 9.94. The number of hydrogen-bond acceptors (Lipinski definition) is 5. The van der Waals surface area contributed by atoms with Crippen molar-refractivity contribution in [3.8, 4) is 0 Å². The highest BCUT2D eigenvalue weighted by atomic mass is 32.1. The molecule has 0 aliphatic rings. The summed E-state index contributed by atoms with van der Waals surface area (Å²) < 4.78 is 4.89. The van der Waals surface area contributed by atoms with Crippen LogP contribution >= 0.6 is 22.7 Å². The fourth-order valence-electron chi connectivity index (χ4n) is 2.05. The molecule has 3 aromatic rings. The molecule has 1 unspecified atom stereocenters. The summed E-state index contributed by atoms with van der Waals surface area (Å²) in [6.07, 6.45) is 2.82. The van der Waals surface area contributed by atoms with Gasteiger partial charge in [-0.2, -0.15) is 11.3 Å².